The van der Waals surface area contributed by atoms with Crippen molar-refractivity contribution < 1.29 is 9.21 Å². The third-order valence-electron chi connectivity index (χ3n) is 5.15. The van der Waals surface area contributed by atoms with Gasteiger partial charge in [-0.2, -0.15) is 0 Å². The predicted octanol–water partition coefficient (Wildman–Crippen LogP) is 2.86. The maximum absolute atomic E-state index is 12.5. The molecule has 1 aliphatic rings. The second-order valence-corrected chi connectivity index (χ2v) is 6.80. The third-order valence-corrected chi connectivity index (χ3v) is 5.15. The summed E-state index contributed by atoms with van der Waals surface area (Å²) in [6.07, 6.45) is 2.59. The van der Waals surface area contributed by atoms with Crippen LogP contribution in [0.1, 0.15) is 32.6 Å². The second-order valence-electron chi connectivity index (χ2n) is 6.80. The van der Waals surface area contributed by atoms with Crippen LogP contribution < -0.4 is 0 Å². The molecule has 2 heterocycles. The van der Waals surface area contributed by atoms with E-state index in [0.29, 0.717) is 17.7 Å². The summed E-state index contributed by atoms with van der Waals surface area (Å²) in [6.45, 7) is 8.51. The molecule has 0 atom stereocenters. The zero-order chi connectivity index (χ0) is 18.4. The Morgan fingerprint density at radius 1 is 1.08 bits per heavy atom. The minimum atomic E-state index is 0.177. The predicted molar refractivity (Wildman–Crippen MR) is 101 cm³/mol. The normalized spacial score (nSPS) is 15.6. The highest BCUT2D eigenvalue weighted by Crippen LogP contribution is 2.18. The van der Waals surface area contributed by atoms with Gasteiger partial charge in [0.1, 0.15) is 0 Å². The highest BCUT2D eigenvalue weighted by atomic mass is 16.4. The maximum Gasteiger partial charge on any atom is 0.247 e. The Bertz CT molecular complexity index is 689. The fraction of sp³-hybridized carbons (Fsp3) is 0.550. The fourth-order valence-electron chi connectivity index (χ4n) is 3.39. The van der Waals surface area contributed by atoms with E-state index in [9.17, 15) is 4.79 Å². The van der Waals surface area contributed by atoms with Crippen LogP contribution in [0.5, 0.6) is 0 Å². The monoisotopic (exact) mass is 356 g/mol. The van der Waals surface area contributed by atoms with E-state index in [0.717, 1.165) is 57.5 Å². The summed E-state index contributed by atoms with van der Waals surface area (Å²) >= 11 is 0. The van der Waals surface area contributed by atoms with Crippen LogP contribution in [0.25, 0.3) is 11.5 Å². The Morgan fingerprint density at radius 2 is 1.77 bits per heavy atom. The number of nitrogens with zero attached hydrogens (tertiary/aromatic N) is 4. The molecule has 0 unspecified atom stereocenters. The van der Waals surface area contributed by atoms with Crippen LogP contribution in [0.4, 0.5) is 0 Å². The van der Waals surface area contributed by atoms with Crippen LogP contribution in [0.15, 0.2) is 34.7 Å². The van der Waals surface area contributed by atoms with Crippen molar-refractivity contribution in [1.29, 1.82) is 0 Å². The van der Waals surface area contributed by atoms with E-state index in [1.807, 2.05) is 35.2 Å². The van der Waals surface area contributed by atoms with Crippen molar-refractivity contribution >= 4 is 5.91 Å². The number of amides is 1. The van der Waals surface area contributed by atoms with Crippen molar-refractivity contribution in [3.8, 4) is 11.5 Å². The van der Waals surface area contributed by atoms with Crippen LogP contribution >= 0.6 is 0 Å². The minimum absolute atomic E-state index is 0.177. The summed E-state index contributed by atoms with van der Waals surface area (Å²) in [5, 5.41) is 8.29. The van der Waals surface area contributed by atoms with Crippen molar-refractivity contribution in [3.05, 3.63) is 36.2 Å². The zero-order valence-corrected chi connectivity index (χ0v) is 15.7. The average Bonchev–Trinajstić information content (AvgIpc) is 3.17. The first-order chi connectivity index (χ1) is 12.7. The van der Waals surface area contributed by atoms with Gasteiger partial charge in [-0.1, -0.05) is 32.0 Å². The fourth-order valence-corrected chi connectivity index (χ4v) is 3.39. The highest BCUT2D eigenvalue weighted by Gasteiger charge is 2.25. The second kappa shape index (κ2) is 8.94. The van der Waals surface area contributed by atoms with Gasteiger partial charge in [-0.05, 0) is 25.0 Å². The number of benzene rings is 1. The largest absolute Gasteiger partial charge is 0.421 e. The van der Waals surface area contributed by atoms with E-state index in [2.05, 4.69) is 28.9 Å². The molecule has 26 heavy (non-hydrogen) atoms. The molecule has 1 amide bonds. The quantitative estimate of drug-likeness (QED) is 0.763. The van der Waals surface area contributed by atoms with Crippen LogP contribution in [-0.4, -0.2) is 58.6 Å². The Morgan fingerprint density at radius 3 is 2.42 bits per heavy atom. The summed E-state index contributed by atoms with van der Waals surface area (Å²) in [5.74, 6) is 1.73. The molecule has 0 spiro atoms. The topological polar surface area (TPSA) is 62.5 Å². The average molecular weight is 356 g/mol. The summed E-state index contributed by atoms with van der Waals surface area (Å²) in [5.41, 5.74) is 0.944. The Hall–Kier alpha value is -2.21. The summed E-state index contributed by atoms with van der Waals surface area (Å²) < 4.78 is 5.77. The van der Waals surface area contributed by atoms with E-state index in [4.69, 9.17) is 4.42 Å². The molecule has 6 heteroatoms. The molecule has 2 aromatic rings. The lowest BCUT2D eigenvalue weighted by molar-refractivity contribution is -0.137. The van der Waals surface area contributed by atoms with Gasteiger partial charge in [-0.25, -0.2) is 0 Å². The van der Waals surface area contributed by atoms with Crippen LogP contribution in [0.2, 0.25) is 0 Å². The van der Waals surface area contributed by atoms with Gasteiger partial charge in [0.15, 0.2) is 0 Å². The number of carbonyl (C=O) groups is 1. The van der Waals surface area contributed by atoms with Crippen molar-refractivity contribution in [2.75, 3.05) is 32.7 Å². The molecule has 1 fully saturated rings. The lowest BCUT2D eigenvalue weighted by Gasteiger charge is -2.36. The number of hydrogen-bond donors (Lipinski definition) is 0. The Kier molecular flexibility index (Phi) is 6.39. The molecule has 0 bridgehead atoms. The van der Waals surface area contributed by atoms with Crippen molar-refractivity contribution in [2.24, 2.45) is 5.92 Å². The van der Waals surface area contributed by atoms with Crippen LogP contribution in [0, 0.1) is 5.92 Å². The molecule has 0 aliphatic carbocycles. The van der Waals surface area contributed by atoms with E-state index in [1.165, 1.54) is 0 Å². The molecule has 1 aromatic carbocycles. The molecule has 6 nitrogen and oxygen atoms in total. The van der Waals surface area contributed by atoms with Crippen molar-refractivity contribution in [3.63, 3.8) is 0 Å². The number of rotatable bonds is 7. The summed E-state index contributed by atoms with van der Waals surface area (Å²) in [6, 6.07) is 9.82. The van der Waals surface area contributed by atoms with Gasteiger partial charge in [0, 0.05) is 50.6 Å². The minimum Gasteiger partial charge on any atom is -0.421 e. The lowest BCUT2D eigenvalue weighted by atomic mass is 10.0. The van der Waals surface area contributed by atoms with Crippen LogP contribution in [0.3, 0.4) is 0 Å². The zero-order valence-electron chi connectivity index (χ0n) is 15.7. The summed E-state index contributed by atoms with van der Waals surface area (Å²) in [7, 11) is 0. The van der Waals surface area contributed by atoms with Gasteiger partial charge in [0.25, 0.3) is 0 Å². The molecule has 1 aromatic heterocycles. The third kappa shape index (κ3) is 4.49. The molecule has 140 valence electrons. The number of carbonyl (C=O) groups excluding carboxylic acids is 1. The van der Waals surface area contributed by atoms with Gasteiger partial charge in [0.05, 0.1) is 0 Å². The SMILES string of the molecule is CCC(CC)C(=O)N1CCN(CCc2nnc(-c3ccccc3)o2)CC1. The number of aromatic nitrogens is 2. The molecule has 0 N–H and O–H groups in total. The molecular weight excluding hydrogens is 328 g/mol. The van der Waals surface area contributed by atoms with Gasteiger partial charge in [0.2, 0.25) is 17.7 Å². The molecular formula is C20H28N4O2. The molecule has 0 saturated carbocycles. The smallest absolute Gasteiger partial charge is 0.247 e. The first kappa shape index (κ1) is 18.6. The maximum atomic E-state index is 12.5. The van der Waals surface area contributed by atoms with Gasteiger partial charge < -0.3 is 9.32 Å². The van der Waals surface area contributed by atoms with Crippen molar-refractivity contribution in [2.45, 2.75) is 33.1 Å². The van der Waals surface area contributed by atoms with E-state index in [-0.39, 0.29) is 5.92 Å². The highest BCUT2D eigenvalue weighted by molar-refractivity contribution is 5.78. The van der Waals surface area contributed by atoms with Crippen LogP contribution in [-0.2, 0) is 11.2 Å². The molecule has 1 aliphatic heterocycles. The standard InChI is InChI=1S/C20H28N4O2/c1-3-16(4-2)20(25)24-14-12-23(13-15-24)11-10-18-21-22-19(26-18)17-8-6-5-7-9-17/h5-9,16H,3-4,10-15H2,1-2H3. The first-order valence-corrected chi connectivity index (χ1v) is 9.60. The van der Waals surface area contributed by atoms with Gasteiger partial charge in [-0.15, -0.1) is 10.2 Å². The van der Waals surface area contributed by atoms with E-state index < -0.39 is 0 Å². The Balaban J connectivity index is 1.46. The number of hydrogen-bond acceptors (Lipinski definition) is 5. The lowest BCUT2D eigenvalue weighted by Crippen LogP contribution is -2.50. The number of piperazine rings is 1. The molecule has 1 saturated heterocycles. The van der Waals surface area contributed by atoms with Crippen molar-refractivity contribution in [1.82, 2.24) is 20.0 Å². The Labute approximate surface area is 155 Å². The summed E-state index contributed by atoms with van der Waals surface area (Å²) in [4.78, 5) is 16.8. The first-order valence-electron chi connectivity index (χ1n) is 9.60. The molecule has 0 radical (unpaired) electrons. The molecule has 3 rings (SSSR count). The van der Waals surface area contributed by atoms with E-state index in [1.54, 1.807) is 0 Å². The van der Waals surface area contributed by atoms with E-state index >= 15 is 0 Å². The van der Waals surface area contributed by atoms with Gasteiger partial charge in [-0.3, -0.25) is 9.69 Å². The van der Waals surface area contributed by atoms with Gasteiger partial charge >= 0.3 is 0 Å².